The first-order chi connectivity index (χ1) is 14.7. The molecule has 0 spiro atoms. The minimum atomic E-state index is -4.60. The van der Waals surface area contributed by atoms with Crippen LogP contribution >= 0.6 is 15.9 Å². The molecule has 2 heterocycles. The van der Waals surface area contributed by atoms with E-state index in [1.807, 2.05) is 31.2 Å². The SMILES string of the molecule is Cc1nn2c(C)c(C(=O)Nc3ccccc3C(F)(F)F)nnc2c1-c1ccc(Br)cc1. The normalized spacial score (nSPS) is 11.7. The van der Waals surface area contributed by atoms with Crippen molar-refractivity contribution in [1.82, 2.24) is 19.8 Å². The van der Waals surface area contributed by atoms with Crippen molar-refractivity contribution in [3.63, 3.8) is 0 Å². The fourth-order valence-corrected chi connectivity index (χ4v) is 3.56. The number of halogens is 4. The summed E-state index contributed by atoms with van der Waals surface area (Å²) in [6.07, 6.45) is -4.60. The lowest BCUT2D eigenvalue weighted by Gasteiger charge is -2.13. The van der Waals surface area contributed by atoms with Gasteiger partial charge < -0.3 is 5.32 Å². The average Bonchev–Trinajstić information content (AvgIpc) is 3.05. The van der Waals surface area contributed by atoms with E-state index >= 15 is 0 Å². The van der Waals surface area contributed by atoms with Crippen LogP contribution in [0.3, 0.4) is 0 Å². The summed E-state index contributed by atoms with van der Waals surface area (Å²) in [5, 5.41) is 14.9. The van der Waals surface area contributed by atoms with Crippen LogP contribution in [0.1, 0.15) is 27.4 Å². The van der Waals surface area contributed by atoms with Gasteiger partial charge in [-0.2, -0.15) is 18.3 Å². The topological polar surface area (TPSA) is 72.2 Å². The van der Waals surface area contributed by atoms with Crippen LogP contribution in [0, 0.1) is 13.8 Å². The van der Waals surface area contributed by atoms with Gasteiger partial charge in [0.25, 0.3) is 5.91 Å². The minimum absolute atomic E-state index is 0.116. The first-order valence-electron chi connectivity index (χ1n) is 9.13. The van der Waals surface area contributed by atoms with E-state index in [0.29, 0.717) is 17.0 Å². The number of para-hydroxylation sites is 1. The predicted molar refractivity (Wildman–Crippen MR) is 113 cm³/mol. The van der Waals surface area contributed by atoms with E-state index in [4.69, 9.17) is 0 Å². The lowest BCUT2D eigenvalue weighted by molar-refractivity contribution is -0.136. The molecule has 1 amide bonds. The molecule has 158 valence electrons. The maximum Gasteiger partial charge on any atom is 0.418 e. The van der Waals surface area contributed by atoms with Gasteiger partial charge in [0, 0.05) is 4.47 Å². The Morgan fingerprint density at radius 1 is 1.03 bits per heavy atom. The van der Waals surface area contributed by atoms with Gasteiger partial charge in [-0.1, -0.05) is 40.2 Å². The second-order valence-electron chi connectivity index (χ2n) is 6.83. The van der Waals surface area contributed by atoms with Crippen LogP contribution in [0.25, 0.3) is 16.8 Å². The number of aryl methyl sites for hydroxylation is 2. The van der Waals surface area contributed by atoms with E-state index in [1.54, 1.807) is 6.92 Å². The third kappa shape index (κ3) is 3.90. The van der Waals surface area contributed by atoms with E-state index < -0.39 is 17.6 Å². The Morgan fingerprint density at radius 3 is 2.39 bits per heavy atom. The zero-order valence-electron chi connectivity index (χ0n) is 16.3. The van der Waals surface area contributed by atoms with Crippen molar-refractivity contribution in [2.24, 2.45) is 0 Å². The Balaban J connectivity index is 1.74. The number of aromatic nitrogens is 4. The third-order valence-electron chi connectivity index (χ3n) is 4.77. The van der Waals surface area contributed by atoms with Crippen LogP contribution < -0.4 is 5.32 Å². The van der Waals surface area contributed by atoms with E-state index in [-0.39, 0.29) is 11.4 Å². The summed E-state index contributed by atoms with van der Waals surface area (Å²) in [4.78, 5) is 12.7. The van der Waals surface area contributed by atoms with Crippen molar-refractivity contribution in [1.29, 1.82) is 0 Å². The second kappa shape index (κ2) is 7.77. The van der Waals surface area contributed by atoms with Crippen LogP contribution in [0.2, 0.25) is 0 Å². The highest BCUT2D eigenvalue weighted by atomic mass is 79.9. The van der Waals surface area contributed by atoms with Crippen molar-refractivity contribution in [2.75, 3.05) is 5.32 Å². The zero-order valence-corrected chi connectivity index (χ0v) is 17.9. The van der Waals surface area contributed by atoms with Gasteiger partial charge in [-0.25, -0.2) is 4.52 Å². The van der Waals surface area contributed by atoms with Crippen molar-refractivity contribution in [3.8, 4) is 11.1 Å². The monoisotopic (exact) mass is 489 g/mol. The molecular weight excluding hydrogens is 475 g/mol. The second-order valence-corrected chi connectivity index (χ2v) is 7.75. The summed E-state index contributed by atoms with van der Waals surface area (Å²) in [5.74, 6) is -0.804. The maximum absolute atomic E-state index is 13.2. The Bertz CT molecular complexity index is 1300. The summed E-state index contributed by atoms with van der Waals surface area (Å²) in [5.41, 5.74) is 1.71. The van der Waals surface area contributed by atoms with E-state index in [1.165, 1.54) is 22.7 Å². The van der Waals surface area contributed by atoms with Crippen LogP contribution in [0.15, 0.2) is 53.0 Å². The van der Waals surface area contributed by atoms with Crippen LogP contribution in [-0.4, -0.2) is 25.7 Å². The van der Waals surface area contributed by atoms with Crippen LogP contribution in [0.4, 0.5) is 18.9 Å². The number of hydrogen-bond donors (Lipinski definition) is 1. The van der Waals surface area contributed by atoms with E-state index in [0.717, 1.165) is 21.7 Å². The molecule has 4 aromatic rings. The highest BCUT2D eigenvalue weighted by Gasteiger charge is 2.34. The molecule has 0 bridgehead atoms. The fraction of sp³-hybridized carbons (Fsp3) is 0.143. The molecule has 4 rings (SSSR count). The number of alkyl halides is 3. The summed E-state index contributed by atoms with van der Waals surface area (Å²) in [7, 11) is 0. The molecule has 0 fully saturated rings. The Kier molecular flexibility index (Phi) is 5.26. The number of nitrogens with zero attached hydrogens (tertiary/aromatic N) is 4. The Hall–Kier alpha value is -3.27. The number of hydrogen-bond acceptors (Lipinski definition) is 4. The summed E-state index contributed by atoms with van der Waals surface area (Å²) in [6, 6.07) is 12.3. The zero-order chi connectivity index (χ0) is 22.3. The van der Waals surface area contributed by atoms with Gasteiger partial charge >= 0.3 is 6.18 Å². The van der Waals surface area contributed by atoms with Gasteiger partial charge in [0.15, 0.2) is 11.3 Å². The van der Waals surface area contributed by atoms with Gasteiger partial charge in [-0.3, -0.25) is 4.79 Å². The summed E-state index contributed by atoms with van der Waals surface area (Å²) < 4.78 is 42.1. The molecule has 2 aromatic heterocycles. The van der Waals surface area contributed by atoms with E-state index in [2.05, 4.69) is 36.5 Å². The molecule has 6 nitrogen and oxygen atoms in total. The number of benzene rings is 2. The molecule has 0 saturated carbocycles. The summed E-state index contributed by atoms with van der Waals surface area (Å²) in [6.45, 7) is 3.43. The molecule has 0 aliphatic carbocycles. The van der Waals surface area contributed by atoms with Gasteiger partial charge in [0.1, 0.15) is 0 Å². The van der Waals surface area contributed by atoms with Crippen LogP contribution in [-0.2, 0) is 6.18 Å². The number of anilines is 1. The smallest absolute Gasteiger partial charge is 0.320 e. The Morgan fingerprint density at radius 2 is 1.71 bits per heavy atom. The van der Waals surface area contributed by atoms with Crippen molar-refractivity contribution < 1.29 is 18.0 Å². The molecule has 10 heteroatoms. The number of nitrogens with one attached hydrogen (secondary N) is 1. The molecule has 0 aliphatic heterocycles. The number of rotatable bonds is 3. The highest BCUT2D eigenvalue weighted by molar-refractivity contribution is 9.10. The molecular formula is C21H15BrF3N5O. The van der Waals surface area contributed by atoms with E-state index in [9.17, 15) is 18.0 Å². The number of fused-ring (bicyclic) bond motifs is 1. The molecule has 0 atom stereocenters. The lowest BCUT2D eigenvalue weighted by Crippen LogP contribution is -2.20. The predicted octanol–water partition coefficient (Wildman–Crippen LogP) is 5.44. The number of carbonyl (C=O) groups is 1. The first kappa shape index (κ1) is 21.0. The minimum Gasteiger partial charge on any atom is -0.320 e. The third-order valence-corrected chi connectivity index (χ3v) is 5.30. The van der Waals surface area contributed by atoms with Crippen LogP contribution in [0.5, 0.6) is 0 Å². The molecule has 0 radical (unpaired) electrons. The largest absolute Gasteiger partial charge is 0.418 e. The van der Waals surface area contributed by atoms with Gasteiger partial charge in [0.2, 0.25) is 0 Å². The molecule has 2 aromatic carbocycles. The molecule has 0 aliphatic rings. The van der Waals surface area contributed by atoms with Crippen molar-refractivity contribution >= 4 is 33.2 Å². The molecule has 31 heavy (non-hydrogen) atoms. The van der Waals surface area contributed by atoms with Gasteiger partial charge in [-0.15, -0.1) is 10.2 Å². The summed E-state index contributed by atoms with van der Waals surface area (Å²) >= 11 is 3.39. The highest BCUT2D eigenvalue weighted by Crippen LogP contribution is 2.35. The average molecular weight is 490 g/mol. The molecule has 0 unspecified atom stereocenters. The Labute approximate surface area is 183 Å². The van der Waals surface area contributed by atoms with Gasteiger partial charge in [0.05, 0.1) is 28.2 Å². The number of carbonyl (C=O) groups excluding carboxylic acids is 1. The lowest BCUT2D eigenvalue weighted by atomic mass is 10.1. The fourth-order valence-electron chi connectivity index (χ4n) is 3.30. The maximum atomic E-state index is 13.2. The van der Waals surface area contributed by atoms with Gasteiger partial charge in [-0.05, 0) is 43.7 Å². The van der Waals surface area contributed by atoms with Crippen molar-refractivity contribution in [3.05, 3.63) is 75.6 Å². The molecule has 1 N–H and O–H groups in total. The quantitative estimate of drug-likeness (QED) is 0.415. The molecule has 0 saturated heterocycles. The standard InChI is InChI=1S/C21H15BrF3N5O/c1-11-17(13-7-9-14(22)10-8-13)19-28-27-18(12(2)30(19)29-11)20(31)26-16-6-4-3-5-15(16)21(23,24)25/h3-10H,1-2H3,(H,26,31). The number of amides is 1. The van der Waals surface area contributed by atoms with Crippen molar-refractivity contribution in [2.45, 2.75) is 20.0 Å². The first-order valence-corrected chi connectivity index (χ1v) is 9.92.